The summed E-state index contributed by atoms with van der Waals surface area (Å²) in [4.78, 5) is 3.56. The lowest BCUT2D eigenvalue weighted by Gasteiger charge is -2.24. The highest BCUT2D eigenvalue weighted by Gasteiger charge is 2.13. The number of nitrogens with two attached hydrogens (primary N) is 1. The van der Waals surface area contributed by atoms with Crippen molar-refractivity contribution in [3.63, 3.8) is 0 Å². The third kappa shape index (κ3) is 4.35. The molecule has 0 fully saturated rings. The van der Waals surface area contributed by atoms with Crippen LogP contribution in [0.15, 0.2) is 5.16 Å². The zero-order valence-corrected chi connectivity index (χ0v) is 10.4. The Morgan fingerprint density at radius 1 is 1.59 bits per heavy atom. The lowest BCUT2D eigenvalue weighted by molar-refractivity contribution is 0.212. The summed E-state index contributed by atoms with van der Waals surface area (Å²) >= 11 is 0. The molecule has 0 spiro atoms. The first kappa shape index (κ1) is 13.4. The molecule has 0 unspecified atom stereocenters. The number of nitrogens with zero attached hydrogens (tertiary/aromatic N) is 6. The Balaban J connectivity index is 2.54. The predicted molar refractivity (Wildman–Crippen MR) is 62.4 cm³/mol. The van der Waals surface area contributed by atoms with Crippen LogP contribution in [-0.2, 0) is 13.6 Å². The van der Waals surface area contributed by atoms with Gasteiger partial charge in [-0.25, -0.2) is 0 Å². The quantitative estimate of drug-likeness (QED) is 0.302. The second kappa shape index (κ2) is 6.14. The maximum atomic E-state index is 8.49. The SMILES string of the molecule is CC(C)N(CCC(N)=NO)Cc1nnn(C)n1. The molecule has 8 nitrogen and oxygen atoms in total. The number of aryl methyl sites for hydroxylation is 1. The molecule has 3 N–H and O–H groups in total. The first-order valence-electron chi connectivity index (χ1n) is 5.46. The van der Waals surface area contributed by atoms with Crippen molar-refractivity contribution in [2.75, 3.05) is 6.54 Å². The summed E-state index contributed by atoms with van der Waals surface area (Å²) in [5.74, 6) is 0.892. The van der Waals surface area contributed by atoms with E-state index in [0.717, 1.165) is 0 Å². The summed E-state index contributed by atoms with van der Waals surface area (Å²) in [6.07, 6.45) is 0.509. The second-order valence-corrected chi connectivity index (χ2v) is 4.10. The average Bonchev–Trinajstić information content (AvgIpc) is 2.69. The van der Waals surface area contributed by atoms with Crippen molar-refractivity contribution in [1.82, 2.24) is 25.1 Å². The highest BCUT2D eigenvalue weighted by atomic mass is 16.4. The van der Waals surface area contributed by atoms with Gasteiger partial charge in [-0.3, -0.25) is 4.90 Å². The van der Waals surface area contributed by atoms with Crippen LogP contribution in [0.25, 0.3) is 0 Å². The highest BCUT2D eigenvalue weighted by Crippen LogP contribution is 2.04. The molecule has 1 aromatic rings. The first-order chi connectivity index (χ1) is 8.02. The lowest BCUT2D eigenvalue weighted by atomic mass is 10.2. The molecule has 8 heteroatoms. The van der Waals surface area contributed by atoms with E-state index in [1.165, 1.54) is 4.80 Å². The van der Waals surface area contributed by atoms with E-state index in [2.05, 4.69) is 39.3 Å². The molecule has 1 aromatic heterocycles. The molecule has 0 aromatic carbocycles. The summed E-state index contributed by atoms with van der Waals surface area (Å²) in [6, 6.07) is 0.324. The van der Waals surface area contributed by atoms with E-state index in [1.54, 1.807) is 7.05 Å². The normalized spacial score (nSPS) is 12.6. The van der Waals surface area contributed by atoms with Crippen LogP contribution in [0.2, 0.25) is 0 Å². The van der Waals surface area contributed by atoms with E-state index in [4.69, 9.17) is 10.9 Å². The Bertz CT molecular complexity index is 373. The minimum Gasteiger partial charge on any atom is -0.409 e. The van der Waals surface area contributed by atoms with Crippen LogP contribution in [0.1, 0.15) is 26.1 Å². The minimum atomic E-state index is 0.225. The molecule has 0 aliphatic carbocycles. The van der Waals surface area contributed by atoms with E-state index >= 15 is 0 Å². The summed E-state index contributed by atoms with van der Waals surface area (Å²) in [5, 5.41) is 23.3. The van der Waals surface area contributed by atoms with Gasteiger partial charge in [0.15, 0.2) is 5.82 Å². The van der Waals surface area contributed by atoms with Crippen molar-refractivity contribution in [1.29, 1.82) is 0 Å². The van der Waals surface area contributed by atoms with Gasteiger partial charge in [-0.15, -0.1) is 10.2 Å². The molecule has 1 rings (SSSR count). The van der Waals surface area contributed by atoms with Gasteiger partial charge in [0.2, 0.25) is 0 Å². The molecule has 1 heterocycles. The van der Waals surface area contributed by atoms with Crippen molar-refractivity contribution in [2.24, 2.45) is 17.9 Å². The molecular weight excluding hydrogens is 222 g/mol. The molecule has 0 saturated heterocycles. The maximum absolute atomic E-state index is 8.49. The van der Waals surface area contributed by atoms with E-state index in [1.807, 2.05) is 0 Å². The van der Waals surface area contributed by atoms with Crippen molar-refractivity contribution in [3.8, 4) is 0 Å². The third-order valence-electron chi connectivity index (χ3n) is 2.41. The van der Waals surface area contributed by atoms with Gasteiger partial charge in [0.25, 0.3) is 0 Å². The second-order valence-electron chi connectivity index (χ2n) is 4.10. The van der Waals surface area contributed by atoms with Crippen LogP contribution < -0.4 is 5.73 Å². The highest BCUT2D eigenvalue weighted by molar-refractivity contribution is 5.79. The van der Waals surface area contributed by atoms with Crippen LogP contribution in [0.4, 0.5) is 0 Å². The summed E-state index contributed by atoms with van der Waals surface area (Å²) in [5.41, 5.74) is 5.44. The van der Waals surface area contributed by atoms with Crippen molar-refractivity contribution in [3.05, 3.63) is 5.82 Å². The van der Waals surface area contributed by atoms with Crippen LogP contribution >= 0.6 is 0 Å². The van der Waals surface area contributed by atoms with Gasteiger partial charge in [0, 0.05) is 19.0 Å². The van der Waals surface area contributed by atoms with E-state index < -0.39 is 0 Å². The van der Waals surface area contributed by atoms with Gasteiger partial charge < -0.3 is 10.9 Å². The van der Waals surface area contributed by atoms with Crippen molar-refractivity contribution < 1.29 is 5.21 Å². The Labute approximate surface area is 100 Å². The van der Waals surface area contributed by atoms with Crippen LogP contribution in [0, 0.1) is 0 Å². The number of hydrogen-bond donors (Lipinski definition) is 2. The zero-order chi connectivity index (χ0) is 12.8. The summed E-state index contributed by atoms with van der Waals surface area (Å²) in [7, 11) is 1.73. The largest absolute Gasteiger partial charge is 0.409 e. The van der Waals surface area contributed by atoms with Crippen molar-refractivity contribution >= 4 is 5.84 Å². The lowest BCUT2D eigenvalue weighted by Crippen LogP contribution is -2.34. The van der Waals surface area contributed by atoms with Gasteiger partial charge in [0.05, 0.1) is 13.6 Å². The molecule has 0 aliphatic heterocycles. The molecule has 0 radical (unpaired) electrons. The summed E-state index contributed by atoms with van der Waals surface area (Å²) in [6.45, 7) is 5.43. The Morgan fingerprint density at radius 2 is 2.29 bits per heavy atom. The molecular formula is C9H19N7O. The average molecular weight is 241 g/mol. The van der Waals surface area contributed by atoms with E-state index in [-0.39, 0.29) is 5.84 Å². The topological polar surface area (TPSA) is 105 Å². The molecule has 0 bridgehead atoms. The van der Waals surface area contributed by atoms with E-state index in [9.17, 15) is 0 Å². The fraction of sp³-hybridized carbons (Fsp3) is 0.778. The fourth-order valence-electron chi connectivity index (χ4n) is 1.40. The number of rotatable bonds is 6. The number of aromatic nitrogens is 4. The minimum absolute atomic E-state index is 0.225. The Kier molecular flexibility index (Phi) is 4.83. The number of oxime groups is 1. The van der Waals surface area contributed by atoms with Crippen LogP contribution in [0.5, 0.6) is 0 Å². The molecule has 17 heavy (non-hydrogen) atoms. The molecule has 96 valence electrons. The van der Waals surface area contributed by atoms with Gasteiger partial charge in [0.1, 0.15) is 5.84 Å². The van der Waals surface area contributed by atoms with Crippen molar-refractivity contribution in [2.45, 2.75) is 32.9 Å². The zero-order valence-electron chi connectivity index (χ0n) is 10.4. The van der Waals surface area contributed by atoms with Gasteiger partial charge in [-0.2, -0.15) is 4.80 Å². The van der Waals surface area contributed by atoms with Gasteiger partial charge in [-0.1, -0.05) is 5.16 Å². The maximum Gasteiger partial charge on any atom is 0.188 e. The van der Waals surface area contributed by atoms with Gasteiger partial charge >= 0.3 is 0 Å². The van der Waals surface area contributed by atoms with Crippen LogP contribution in [0.3, 0.4) is 0 Å². The monoisotopic (exact) mass is 241 g/mol. The molecule has 0 atom stereocenters. The van der Waals surface area contributed by atoms with E-state index in [0.29, 0.717) is 31.4 Å². The standard InChI is InChI=1S/C9H19N7O/c1-7(2)16(5-4-8(10)13-17)6-9-11-14-15(3)12-9/h7,17H,4-6H2,1-3H3,(H2,10,13). The number of tetrazole rings is 1. The Hall–Kier alpha value is -1.70. The fourth-order valence-corrected chi connectivity index (χ4v) is 1.40. The van der Waals surface area contributed by atoms with Gasteiger partial charge in [-0.05, 0) is 19.1 Å². The summed E-state index contributed by atoms with van der Waals surface area (Å²) < 4.78 is 0. The first-order valence-corrected chi connectivity index (χ1v) is 5.46. The number of amidine groups is 1. The smallest absolute Gasteiger partial charge is 0.188 e. The Morgan fingerprint density at radius 3 is 2.76 bits per heavy atom. The predicted octanol–water partition coefficient (Wildman–Crippen LogP) is -0.443. The molecule has 0 aliphatic rings. The van der Waals surface area contributed by atoms with Crippen LogP contribution in [-0.4, -0.2) is 48.7 Å². The molecule has 0 amide bonds. The number of hydrogen-bond acceptors (Lipinski definition) is 6. The molecule has 0 saturated carbocycles. The third-order valence-corrected chi connectivity index (χ3v) is 2.41.